The van der Waals surface area contributed by atoms with Gasteiger partial charge < -0.3 is 110 Å². The monoisotopic (exact) mass is 1810 g/mol. The zero-order chi connectivity index (χ0) is 92.7. The van der Waals surface area contributed by atoms with Gasteiger partial charge in [-0.1, -0.05) is 109 Å². The number of hydrogen-bond acceptors (Lipinski definition) is 28. The molecule has 127 heavy (non-hydrogen) atoms. The number of para-hydroxylation sites is 1. The molecular formula is C83H119N19O23S2. The lowest BCUT2D eigenvalue weighted by Crippen LogP contribution is -2.62. The van der Waals surface area contributed by atoms with Gasteiger partial charge in [-0.25, -0.2) is 4.79 Å². The minimum atomic E-state index is -1.85. The third kappa shape index (κ3) is 38.7. The van der Waals surface area contributed by atoms with Gasteiger partial charge in [0.05, 0.1) is 58.7 Å². The molecule has 23 N–H and O–H groups in total. The maximum Gasteiger partial charge on any atom is 0.327 e. The van der Waals surface area contributed by atoms with E-state index >= 15 is 14.4 Å². The number of thiol groups is 2. The first-order valence-corrected chi connectivity index (χ1v) is 42.7. The van der Waals surface area contributed by atoms with E-state index in [0.29, 0.717) is 39.6 Å². The summed E-state index contributed by atoms with van der Waals surface area (Å²) in [7, 11) is 0. The van der Waals surface area contributed by atoms with Crippen molar-refractivity contribution in [3.63, 3.8) is 0 Å². The second-order valence-corrected chi connectivity index (χ2v) is 30.9. The van der Waals surface area contributed by atoms with Crippen molar-refractivity contribution in [1.29, 1.82) is 5.41 Å². The summed E-state index contributed by atoms with van der Waals surface area (Å²) in [6.07, 6.45) is -0.249. The molecule has 11 atom stereocenters. The predicted molar refractivity (Wildman–Crippen MR) is 469 cm³/mol. The van der Waals surface area contributed by atoms with Gasteiger partial charge in [-0.2, -0.15) is 30.7 Å². The van der Waals surface area contributed by atoms with Crippen LogP contribution in [0.5, 0.6) is 0 Å². The zero-order valence-corrected chi connectivity index (χ0v) is 72.4. The van der Waals surface area contributed by atoms with E-state index in [4.69, 9.17) is 31.2 Å². The molecule has 2 heterocycles. The highest BCUT2D eigenvalue weighted by Gasteiger charge is 2.38. The van der Waals surface area contributed by atoms with E-state index in [1.54, 1.807) is 141 Å². The van der Waals surface area contributed by atoms with Gasteiger partial charge in [0.15, 0.2) is 5.96 Å². The molecule has 1 saturated heterocycles. The quantitative estimate of drug-likeness (QED) is 0.00435. The predicted octanol–water partition coefficient (Wildman–Crippen LogP) is -4.56. The van der Waals surface area contributed by atoms with Crippen molar-refractivity contribution in [2.45, 2.75) is 131 Å². The smallest absolute Gasteiger partial charge is 0.327 e. The van der Waals surface area contributed by atoms with Crippen molar-refractivity contribution in [1.82, 2.24) is 83.2 Å². The van der Waals surface area contributed by atoms with Crippen molar-refractivity contribution in [3.8, 4) is 0 Å². The third-order valence-corrected chi connectivity index (χ3v) is 21.0. The van der Waals surface area contributed by atoms with Gasteiger partial charge in [-0.3, -0.25) is 92.2 Å². The maximum atomic E-state index is 15.4. The number of amides is 9. The molecule has 0 bridgehead atoms. The number of aliphatic carboxylic acids is 4. The largest absolute Gasteiger partial charge is 0.480 e. The lowest BCUT2D eigenvalue weighted by Gasteiger charge is -2.32. The number of nitrogens with two attached hydrogens (primary N) is 2. The number of carbonyl (C=O) groups excluding carboxylic acids is 10. The molecule has 0 unspecified atom stereocenters. The van der Waals surface area contributed by atoms with Crippen LogP contribution >= 0.6 is 25.3 Å². The Labute approximate surface area is 744 Å². The number of fused-ring (bicyclic) bond motifs is 1. The number of benzene rings is 4. The average Bonchev–Trinajstić information content (AvgIpc) is 1.76. The summed E-state index contributed by atoms with van der Waals surface area (Å²) in [6, 6.07) is 17.0. The standard InChI is InChI=1S/C83H119N19O23S2/c1-52(104)72(81(120)93-63(42-55-20-9-4-10-21-55)77(116)94-65(49-103)79(118)96-67(51-127)82(121)122)97-73(112)59(24-13-14-26-84)89-78(117)64(43-56-44-88-58-23-12-11-22-57(56)58)92-76(115)61(40-53-16-5-2-6-17-53)90-75(114)62(41-54-18-7-3-8-19-54)91-80(119)66(50-126)95-74(113)60(25-15-27-87-83(85)86)98-125-39-37-123-36-38-124-71(111)48-102-34-32-100(46-69(107)108)30-28-99(45-68(105)106)29-31-101(33-35-102)47-70(109)110/h2-12,16-23,44,52,59-67,72,88,98,103-104,126-127H,13-15,24-43,45-51,84H2,1H3,(H,89,117)(H,90,114)(H,91,119)(H,92,115)(H,93,120)(H,94,116)(H,95,113)(H,96,118)(H,97,112)(H,105,106)(H,107,108)(H,109,110)(H,121,122)(H4,85,86,87)/t52-,59+,60+,61+,62+,63+,64-,65+,66+,67+,72+/m1/s1. The lowest BCUT2D eigenvalue weighted by atomic mass is 10.00. The van der Waals surface area contributed by atoms with Gasteiger partial charge in [0.1, 0.15) is 67.0 Å². The number of hydroxylamine groups is 1. The zero-order valence-electron chi connectivity index (χ0n) is 70.6. The van der Waals surface area contributed by atoms with E-state index in [1.165, 1.54) is 6.92 Å². The van der Waals surface area contributed by atoms with Crippen molar-refractivity contribution >= 4 is 125 Å². The molecule has 1 aliphatic heterocycles. The maximum absolute atomic E-state index is 15.4. The van der Waals surface area contributed by atoms with Gasteiger partial charge in [0.2, 0.25) is 53.2 Å². The first-order chi connectivity index (χ1) is 60.9. The normalized spacial score (nSPS) is 15.7. The fourth-order valence-electron chi connectivity index (χ4n) is 13.4. The molecule has 4 aromatic carbocycles. The Morgan fingerprint density at radius 1 is 0.457 bits per heavy atom. The number of aromatic nitrogens is 1. The van der Waals surface area contributed by atoms with Crippen LogP contribution in [0.2, 0.25) is 0 Å². The van der Waals surface area contributed by atoms with E-state index in [1.807, 2.05) is 0 Å². The number of carboxylic acids is 4. The van der Waals surface area contributed by atoms with Crippen LogP contribution in [0.25, 0.3) is 10.9 Å². The average molecular weight is 1820 g/mol. The molecule has 42 nitrogen and oxygen atoms in total. The number of guanidine groups is 1. The van der Waals surface area contributed by atoms with Crippen LogP contribution in [0.4, 0.5) is 0 Å². The number of aromatic amines is 1. The van der Waals surface area contributed by atoms with E-state index in [9.17, 15) is 83.4 Å². The number of ether oxygens (including phenoxy) is 2. The highest BCUT2D eigenvalue weighted by Crippen LogP contribution is 2.21. The van der Waals surface area contributed by atoms with Crippen molar-refractivity contribution in [2.75, 3.05) is 136 Å². The Morgan fingerprint density at radius 3 is 1.29 bits per heavy atom. The molecule has 0 aliphatic carbocycles. The number of carbonyl (C=O) groups is 14. The summed E-state index contributed by atoms with van der Waals surface area (Å²) in [5.41, 5.74) is 16.9. The number of rotatable bonds is 55. The number of aliphatic hydroxyl groups excluding tert-OH is 2. The van der Waals surface area contributed by atoms with Crippen LogP contribution in [-0.2, 0) is 107 Å². The number of nitrogens with one attached hydrogen (secondary N) is 13. The number of unbranched alkanes of at least 4 members (excludes halogenated alkanes) is 1. The SMILES string of the molecule is C[C@@H](O)[C@H](NC(=O)[C@H](CCCCN)NC(=O)[C@@H](Cc1c[nH]c2ccccc12)NC(=O)[C@H](Cc1ccccc1)NC(=O)[C@H](Cc1ccccc1)NC(=O)[C@H](CS)NC(=O)[C@H](CCCNC(=N)N)NOCCOCCOC(=O)CN1CCN(CC(=O)O)CCN(CC(=O)O)CCN(CC(=O)O)CC1)C(=O)N[C@@H](Cc1ccccc1)C(=O)N[C@@H](CO)C(=O)N[C@@H](CS)C(=O)O. The van der Waals surface area contributed by atoms with Gasteiger partial charge in [-0.05, 0) is 73.9 Å². The molecule has 0 spiro atoms. The first kappa shape index (κ1) is 104. The van der Waals surface area contributed by atoms with Crippen LogP contribution in [0, 0.1) is 5.41 Å². The summed E-state index contributed by atoms with van der Waals surface area (Å²) in [6.45, 7) is 0.106. The molecular weight excluding hydrogens is 1700 g/mol. The van der Waals surface area contributed by atoms with Crippen LogP contribution < -0.4 is 70.1 Å². The number of H-pyrrole nitrogens is 1. The lowest BCUT2D eigenvalue weighted by molar-refractivity contribution is -0.147. The Kier molecular flexibility index (Phi) is 46.5. The van der Waals surface area contributed by atoms with Crippen LogP contribution in [-0.4, -0.2) is 347 Å². The minimum absolute atomic E-state index is 0.0339. The van der Waals surface area contributed by atoms with Crippen molar-refractivity contribution in [3.05, 3.63) is 144 Å². The summed E-state index contributed by atoms with van der Waals surface area (Å²) in [5.74, 6) is -15.1. The molecule has 6 rings (SSSR count). The van der Waals surface area contributed by atoms with Gasteiger partial charge in [-0.15, -0.1) is 0 Å². The highest BCUT2D eigenvalue weighted by molar-refractivity contribution is 7.80. The summed E-state index contributed by atoms with van der Waals surface area (Å²) < 4.78 is 11.1. The third-order valence-electron chi connectivity index (χ3n) is 20.3. The Hall–Kier alpha value is -11.4. The van der Waals surface area contributed by atoms with Crippen LogP contribution in [0.3, 0.4) is 0 Å². The van der Waals surface area contributed by atoms with Gasteiger partial charge in [0.25, 0.3) is 0 Å². The number of carboxylic acid groups (broad SMARTS) is 4. The summed E-state index contributed by atoms with van der Waals surface area (Å²) >= 11 is 8.37. The number of nitrogens with zero attached hydrogens (tertiary/aromatic N) is 4. The first-order valence-electron chi connectivity index (χ1n) is 41.4. The molecule has 696 valence electrons. The fourth-order valence-corrected chi connectivity index (χ4v) is 13.9. The van der Waals surface area contributed by atoms with Gasteiger partial charge in [0, 0.05) is 113 Å². The molecule has 5 aromatic rings. The molecule has 1 aliphatic rings. The minimum Gasteiger partial charge on any atom is -0.480 e. The van der Waals surface area contributed by atoms with Gasteiger partial charge >= 0.3 is 29.8 Å². The van der Waals surface area contributed by atoms with Crippen LogP contribution in [0.15, 0.2) is 121 Å². The van der Waals surface area contributed by atoms with Crippen LogP contribution in [0.1, 0.15) is 61.3 Å². The second kappa shape index (κ2) is 56.6. The molecule has 9 amide bonds. The summed E-state index contributed by atoms with van der Waals surface area (Å²) in [5, 5.41) is 93.9. The van der Waals surface area contributed by atoms with Crippen molar-refractivity contribution in [2.24, 2.45) is 11.5 Å². The van der Waals surface area contributed by atoms with E-state index < -0.39 is 156 Å². The topological polar surface area (TPSA) is 625 Å². The van der Waals surface area contributed by atoms with E-state index in [-0.39, 0.29) is 187 Å². The molecule has 1 fully saturated rings. The molecule has 1 aromatic heterocycles. The number of hydrogen-bond donors (Lipinski definition) is 23. The molecule has 0 radical (unpaired) electrons. The fraction of sp³-hybridized carbons (Fsp3) is 0.506. The molecule has 0 saturated carbocycles. The second-order valence-electron chi connectivity index (χ2n) is 30.1. The van der Waals surface area contributed by atoms with Crippen molar-refractivity contribution < 1.29 is 112 Å². The number of aliphatic hydroxyl groups is 2. The Balaban J connectivity index is 1.17. The summed E-state index contributed by atoms with van der Waals surface area (Å²) in [4.78, 5) is 207. The van der Waals surface area contributed by atoms with E-state index in [2.05, 4.69) is 88.9 Å². The van der Waals surface area contributed by atoms with E-state index in [0.717, 1.165) is 0 Å². The Bertz CT molecular complexity index is 4350. The Morgan fingerprint density at radius 2 is 0.843 bits per heavy atom. The highest BCUT2D eigenvalue weighted by atomic mass is 32.1. The molecule has 44 heteroatoms. The number of esters is 1.